The number of aliphatic hydroxyl groups excluding tert-OH is 2. The van der Waals surface area contributed by atoms with Crippen LogP contribution in [-0.2, 0) is 9.47 Å². The van der Waals surface area contributed by atoms with Gasteiger partial charge in [0, 0.05) is 26.3 Å². The van der Waals surface area contributed by atoms with E-state index in [1.807, 2.05) is 0 Å². The van der Waals surface area contributed by atoms with E-state index in [4.69, 9.17) is 9.47 Å². The average Bonchev–Trinajstić information content (AvgIpc) is 3.00. The Morgan fingerprint density at radius 3 is 1.00 bits per heavy atom. The van der Waals surface area contributed by atoms with E-state index in [1.54, 1.807) is 0 Å². The highest BCUT2D eigenvalue weighted by molar-refractivity contribution is 4.69. The molecule has 0 aromatic carbocycles. The van der Waals surface area contributed by atoms with E-state index in [0.717, 1.165) is 39.0 Å². The summed E-state index contributed by atoms with van der Waals surface area (Å²) in [4.78, 5) is 2.23. The number of rotatable bonds is 37. The van der Waals surface area contributed by atoms with Gasteiger partial charge in [0.15, 0.2) is 0 Å². The summed E-state index contributed by atoms with van der Waals surface area (Å²) in [6, 6.07) is 0. The van der Waals surface area contributed by atoms with Gasteiger partial charge in [0.05, 0.1) is 25.4 Å². The van der Waals surface area contributed by atoms with Gasteiger partial charge in [-0.05, 0) is 25.8 Å². The molecule has 0 rings (SSSR count). The standard InChI is InChI=1S/C38H79NO4/c1-4-7-10-13-16-18-20-22-25-28-31-42-35-37(40)33-39(30-27-24-15-12-9-6-3)34-38(41)36-43-32-29-26-23-21-19-17-14-11-8-5-2/h37-38,40-41H,4-36H2,1-3H3. The van der Waals surface area contributed by atoms with E-state index in [0.29, 0.717) is 26.3 Å². The summed E-state index contributed by atoms with van der Waals surface area (Å²) in [6.07, 6.45) is 32.9. The average molecular weight is 614 g/mol. The molecule has 2 unspecified atom stereocenters. The summed E-state index contributed by atoms with van der Waals surface area (Å²) in [5.41, 5.74) is 0. The minimum Gasteiger partial charge on any atom is -0.389 e. The van der Waals surface area contributed by atoms with Crippen molar-refractivity contribution in [3.63, 3.8) is 0 Å². The van der Waals surface area contributed by atoms with Gasteiger partial charge in [0.25, 0.3) is 0 Å². The van der Waals surface area contributed by atoms with Crippen LogP contribution in [0.5, 0.6) is 0 Å². The van der Waals surface area contributed by atoms with Gasteiger partial charge in [-0.2, -0.15) is 0 Å². The molecule has 43 heavy (non-hydrogen) atoms. The first kappa shape index (κ1) is 42.8. The lowest BCUT2D eigenvalue weighted by atomic mass is 10.1. The van der Waals surface area contributed by atoms with Crippen molar-refractivity contribution in [2.24, 2.45) is 0 Å². The van der Waals surface area contributed by atoms with E-state index < -0.39 is 12.2 Å². The quantitative estimate of drug-likeness (QED) is 0.0683. The van der Waals surface area contributed by atoms with Crippen molar-refractivity contribution in [1.29, 1.82) is 0 Å². The van der Waals surface area contributed by atoms with Crippen LogP contribution in [0.15, 0.2) is 0 Å². The Bertz CT molecular complexity index is 470. The maximum Gasteiger partial charge on any atom is 0.0900 e. The third kappa shape index (κ3) is 34.5. The fourth-order valence-corrected chi connectivity index (χ4v) is 5.90. The molecule has 5 nitrogen and oxygen atoms in total. The summed E-state index contributed by atoms with van der Waals surface area (Å²) in [7, 11) is 0. The summed E-state index contributed by atoms with van der Waals surface area (Å²) in [5.74, 6) is 0. The van der Waals surface area contributed by atoms with Crippen LogP contribution in [-0.4, -0.2) is 73.4 Å². The minimum absolute atomic E-state index is 0.385. The van der Waals surface area contributed by atoms with Gasteiger partial charge in [0.1, 0.15) is 0 Å². The van der Waals surface area contributed by atoms with Crippen LogP contribution >= 0.6 is 0 Å². The SMILES string of the molecule is CCCCCCCCCCCCOCC(O)CN(CCCCCCCC)CC(O)COCCCCCCCCCCCC. The number of nitrogens with zero attached hydrogens (tertiary/aromatic N) is 1. The molecule has 2 N–H and O–H groups in total. The second kappa shape index (κ2) is 36.3. The van der Waals surface area contributed by atoms with E-state index in [-0.39, 0.29) is 0 Å². The summed E-state index contributed by atoms with van der Waals surface area (Å²) in [5, 5.41) is 21.4. The highest BCUT2D eigenvalue weighted by atomic mass is 16.5. The summed E-state index contributed by atoms with van der Waals surface area (Å²) >= 11 is 0. The Kier molecular flexibility index (Phi) is 36.1. The number of unbranched alkanes of at least 4 members (excludes halogenated alkanes) is 23. The highest BCUT2D eigenvalue weighted by Gasteiger charge is 2.16. The molecule has 0 bridgehead atoms. The summed E-state index contributed by atoms with van der Waals surface area (Å²) in [6.45, 7) is 11.1. The first-order valence-electron chi connectivity index (χ1n) is 19.4. The van der Waals surface area contributed by atoms with Crippen LogP contribution in [0.3, 0.4) is 0 Å². The van der Waals surface area contributed by atoms with Crippen molar-refractivity contribution in [3.05, 3.63) is 0 Å². The fourth-order valence-electron chi connectivity index (χ4n) is 5.90. The molecule has 260 valence electrons. The molecule has 0 aliphatic heterocycles. The molecule has 0 spiro atoms. The van der Waals surface area contributed by atoms with Crippen LogP contribution in [0.25, 0.3) is 0 Å². The van der Waals surface area contributed by atoms with Crippen molar-refractivity contribution >= 4 is 0 Å². The van der Waals surface area contributed by atoms with Gasteiger partial charge in [-0.15, -0.1) is 0 Å². The van der Waals surface area contributed by atoms with Crippen LogP contribution in [0.4, 0.5) is 0 Å². The maximum absolute atomic E-state index is 10.7. The Morgan fingerprint density at radius 1 is 0.395 bits per heavy atom. The van der Waals surface area contributed by atoms with Crippen LogP contribution in [0.2, 0.25) is 0 Å². The number of hydrogen-bond donors (Lipinski definition) is 2. The molecule has 0 heterocycles. The Hall–Kier alpha value is -0.200. The minimum atomic E-state index is -0.511. The molecule has 0 aliphatic rings. The molecule has 0 fully saturated rings. The Labute approximate surface area is 270 Å². The van der Waals surface area contributed by atoms with Crippen molar-refractivity contribution in [2.75, 3.05) is 46.1 Å². The molecule has 2 atom stereocenters. The smallest absolute Gasteiger partial charge is 0.0900 e. The van der Waals surface area contributed by atoms with E-state index in [1.165, 1.54) is 148 Å². The van der Waals surface area contributed by atoms with Gasteiger partial charge in [-0.3, -0.25) is 4.90 Å². The van der Waals surface area contributed by atoms with Gasteiger partial charge >= 0.3 is 0 Å². The first-order chi connectivity index (χ1) is 21.1. The summed E-state index contributed by atoms with van der Waals surface area (Å²) < 4.78 is 11.7. The zero-order valence-electron chi connectivity index (χ0n) is 29.6. The lowest BCUT2D eigenvalue weighted by Crippen LogP contribution is -2.41. The van der Waals surface area contributed by atoms with Crippen molar-refractivity contribution in [2.45, 2.75) is 200 Å². The predicted molar refractivity (Wildman–Crippen MR) is 187 cm³/mol. The number of aliphatic hydroxyl groups is 2. The van der Waals surface area contributed by atoms with Crippen LogP contribution < -0.4 is 0 Å². The largest absolute Gasteiger partial charge is 0.389 e. The lowest BCUT2D eigenvalue weighted by molar-refractivity contribution is -0.0113. The molecule has 0 saturated heterocycles. The Morgan fingerprint density at radius 2 is 0.674 bits per heavy atom. The second-order valence-electron chi connectivity index (χ2n) is 13.3. The zero-order valence-corrected chi connectivity index (χ0v) is 29.6. The molecule has 0 aromatic rings. The monoisotopic (exact) mass is 614 g/mol. The van der Waals surface area contributed by atoms with E-state index in [2.05, 4.69) is 25.7 Å². The molecular formula is C38H79NO4. The molecule has 0 aliphatic carbocycles. The Balaban J connectivity index is 4.04. The molecule has 0 radical (unpaired) electrons. The van der Waals surface area contributed by atoms with Crippen LogP contribution in [0, 0.1) is 0 Å². The molecular weight excluding hydrogens is 534 g/mol. The van der Waals surface area contributed by atoms with Gasteiger partial charge in [0.2, 0.25) is 0 Å². The van der Waals surface area contributed by atoms with Gasteiger partial charge in [-0.1, -0.05) is 168 Å². The number of ether oxygens (including phenoxy) is 2. The van der Waals surface area contributed by atoms with E-state index >= 15 is 0 Å². The molecule has 0 saturated carbocycles. The molecule has 0 aromatic heterocycles. The second-order valence-corrected chi connectivity index (χ2v) is 13.3. The van der Waals surface area contributed by atoms with Gasteiger partial charge in [-0.25, -0.2) is 0 Å². The fraction of sp³-hybridized carbons (Fsp3) is 1.00. The van der Waals surface area contributed by atoms with Gasteiger partial charge < -0.3 is 19.7 Å². The topological polar surface area (TPSA) is 62.2 Å². The van der Waals surface area contributed by atoms with Crippen molar-refractivity contribution in [1.82, 2.24) is 4.90 Å². The molecule has 5 heteroatoms. The third-order valence-corrected chi connectivity index (χ3v) is 8.67. The lowest BCUT2D eigenvalue weighted by Gasteiger charge is -2.27. The van der Waals surface area contributed by atoms with Crippen molar-refractivity contribution in [3.8, 4) is 0 Å². The number of hydrogen-bond acceptors (Lipinski definition) is 5. The maximum atomic E-state index is 10.7. The third-order valence-electron chi connectivity index (χ3n) is 8.67. The van der Waals surface area contributed by atoms with Crippen LogP contribution in [0.1, 0.15) is 188 Å². The van der Waals surface area contributed by atoms with E-state index in [9.17, 15) is 10.2 Å². The predicted octanol–water partition coefficient (Wildman–Crippen LogP) is 10.2. The first-order valence-corrected chi connectivity index (χ1v) is 19.4. The highest BCUT2D eigenvalue weighted by Crippen LogP contribution is 2.12. The molecule has 0 amide bonds. The zero-order chi connectivity index (χ0) is 31.5. The van der Waals surface area contributed by atoms with Crippen molar-refractivity contribution < 1.29 is 19.7 Å². The normalized spacial score (nSPS) is 13.3.